The highest BCUT2D eigenvalue weighted by Crippen LogP contribution is 2.34. The number of nitrogens with zero attached hydrogens (tertiary/aromatic N) is 1. The third-order valence-corrected chi connectivity index (χ3v) is 5.39. The zero-order valence-corrected chi connectivity index (χ0v) is 14.9. The van der Waals surface area contributed by atoms with Crippen molar-refractivity contribution in [3.63, 3.8) is 0 Å². The van der Waals surface area contributed by atoms with Crippen molar-refractivity contribution in [3.8, 4) is 0 Å². The summed E-state index contributed by atoms with van der Waals surface area (Å²) in [4.78, 5) is 2.14. The lowest BCUT2D eigenvalue weighted by Gasteiger charge is -2.38. The fourth-order valence-electron chi connectivity index (χ4n) is 3.04. The number of aliphatic hydroxyl groups is 1. The Morgan fingerprint density at radius 1 is 1.13 bits per heavy atom. The van der Waals surface area contributed by atoms with E-state index in [0.29, 0.717) is 43.1 Å². The van der Waals surface area contributed by atoms with Gasteiger partial charge in [0.15, 0.2) is 0 Å². The van der Waals surface area contributed by atoms with Gasteiger partial charge >= 0.3 is 0 Å². The topological polar surface area (TPSA) is 23.5 Å². The number of benzene rings is 2. The van der Waals surface area contributed by atoms with Crippen LogP contribution in [0.1, 0.15) is 24.0 Å². The molecule has 2 nitrogen and oxygen atoms in total. The maximum absolute atomic E-state index is 13.9. The molecule has 0 bridgehead atoms. The quantitative estimate of drug-likeness (QED) is 0.808. The minimum Gasteiger partial charge on any atom is -0.385 e. The first-order chi connectivity index (χ1) is 11.0. The van der Waals surface area contributed by atoms with Crippen molar-refractivity contribution in [3.05, 3.63) is 68.9 Å². The smallest absolute Gasteiger partial charge is 0.129 e. The van der Waals surface area contributed by atoms with Crippen LogP contribution in [0.4, 0.5) is 4.39 Å². The van der Waals surface area contributed by atoms with Gasteiger partial charge in [-0.2, -0.15) is 0 Å². The predicted octanol–water partition coefficient (Wildman–Crippen LogP) is 4.73. The molecule has 0 amide bonds. The molecule has 1 heterocycles. The molecule has 1 fully saturated rings. The van der Waals surface area contributed by atoms with Gasteiger partial charge in [0, 0.05) is 34.7 Å². The number of hydrogen-bond donors (Lipinski definition) is 1. The zero-order chi connectivity index (χ0) is 16.4. The van der Waals surface area contributed by atoms with Crippen molar-refractivity contribution in [1.82, 2.24) is 4.90 Å². The summed E-state index contributed by atoms with van der Waals surface area (Å²) in [6.45, 7) is 1.89. The first-order valence-corrected chi connectivity index (χ1v) is 8.79. The third kappa shape index (κ3) is 3.77. The SMILES string of the molecule is OC1(c2ccc(Br)cc2)CCN(Cc2c(F)cccc2Cl)CC1. The van der Waals surface area contributed by atoms with Crippen molar-refractivity contribution in [2.24, 2.45) is 0 Å². The Morgan fingerprint density at radius 3 is 2.39 bits per heavy atom. The lowest BCUT2D eigenvalue weighted by Crippen LogP contribution is -2.42. The summed E-state index contributed by atoms with van der Waals surface area (Å²) >= 11 is 9.50. The Balaban J connectivity index is 1.67. The highest BCUT2D eigenvalue weighted by atomic mass is 79.9. The maximum Gasteiger partial charge on any atom is 0.129 e. The van der Waals surface area contributed by atoms with E-state index >= 15 is 0 Å². The van der Waals surface area contributed by atoms with E-state index in [0.717, 1.165) is 10.0 Å². The minimum absolute atomic E-state index is 0.272. The van der Waals surface area contributed by atoms with Crippen LogP contribution in [-0.2, 0) is 12.1 Å². The number of halogens is 3. The number of hydrogen-bond acceptors (Lipinski definition) is 2. The molecule has 2 aromatic carbocycles. The van der Waals surface area contributed by atoms with E-state index in [-0.39, 0.29) is 5.82 Å². The molecule has 0 radical (unpaired) electrons. The van der Waals surface area contributed by atoms with Crippen LogP contribution >= 0.6 is 27.5 Å². The van der Waals surface area contributed by atoms with Crippen molar-refractivity contribution >= 4 is 27.5 Å². The monoisotopic (exact) mass is 397 g/mol. The van der Waals surface area contributed by atoms with E-state index in [1.807, 2.05) is 24.3 Å². The molecule has 1 N–H and O–H groups in total. The summed E-state index contributed by atoms with van der Waals surface area (Å²) in [6.07, 6.45) is 1.25. The Kier molecular flexibility index (Phi) is 5.07. The molecule has 2 aromatic rings. The van der Waals surface area contributed by atoms with E-state index < -0.39 is 5.60 Å². The van der Waals surface area contributed by atoms with Gasteiger partial charge < -0.3 is 5.11 Å². The van der Waals surface area contributed by atoms with Gasteiger partial charge in [0.1, 0.15) is 5.82 Å². The molecular formula is C18H18BrClFNO. The average Bonchev–Trinajstić information content (AvgIpc) is 2.53. The van der Waals surface area contributed by atoms with Gasteiger partial charge in [-0.05, 0) is 42.7 Å². The second-order valence-electron chi connectivity index (χ2n) is 6.01. The lowest BCUT2D eigenvalue weighted by atomic mass is 9.84. The lowest BCUT2D eigenvalue weighted by molar-refractivity contribution is -0.0279. The summed E-state index contributed by atoms with van der Waals surface area (Å²) in [5.74, 6) is -0.272. The second kappa shape index (κ2) is 6.89. The van der Waals surface area contributed by atoms with Crippen molar-refractivity contribution < 1.29 is 9.50 Å². The zero-order valence-electron chi connectivity index (χ0n) is 12.6. The molecule has 122 valence electrons. The molecular weight excluding hydrogens is 381 g/mol. The van der Waals surface area contributed by atoms with Crippen LogP contribution in [0, 0.1) is 5.82 Å². The first-order valence-electron chi connectivity index (χ1n) is 7.62. The number of rotatable bonds is 3. The van der Waals surface area contributed by atoms with Crippen molar-refractivity contribution in [2.75, 3.05) is 13.1 Å². The van der Waals surface area contributed by atoms with E-state index in [4.69, 9.17) is 11.6 Å². The summed E-state index contributed by atoms with van der Waals surface area (Å²) in [5, 5.41) is 11.3. The van der Waals surface area contributed by atoms with Gasteiger partial charge in [0.25, 0.3) is 0 Å². The molecule has 23 heavy (non-hydrogen) atoms. The Hall–Kier alpha value is -0.940. The van der Waals surface area contributed by atoms with Crippen molar-refractivity contribution in [2.45, 2.75) is 25.0 Å². The van der Waals surface area contributed by atoms with Crippen LogP contribution in [-0.4, -0.2) is 23.1 Å². The van der Waals surface area contributed by atoms with Crippen molar-refractivity contribution in [1.29, 1.82) is 0 Å². The fourth-order valence-corrected chi connectivity index (χ4v) is 3.52. The van der Waals surface area contributed by atoms with Gasteiger partial charge in [-0.1, -0.05) is 45.7 Å². The molecule has 0 aromatic heterocycles. The van der Waals surface area contributed by atoms with Gasteiger partial charge in [0.2, 0.25) is 0 Å². The van der Waals surface area contributed by atoms with Gasteiger partial charge in [0.05, 0.1) is 5.60 Å². The van der Waals surface area contributed by atoms with Crippen LogP contribution in [0.2, 0.25) is 5.02 Å². The highest BCUT2D eigenvalue weighted by molar-refractivity contribution is 9.10. The van der Waals surface area contributed by atoms with Gasteiger partial charge in [-0.15, -0.1) is 0 Å². The molecule has 0 unspecified atom stereocenters. The van der Waals surface area contributed by atoms with Gasteiger partial charge in [-0.25, -0.2) is 4.39 Å². The summed E-state index contributed by atoms with van der Waals surface area (Å²) < 4.78 is 14.9. The van der Waals surface area contributed by atoms with Crippen LogP contribution in [0.3, 0.4) is 0 Å². The summed E-state index contributed by atoms with van der Waals surface area (Å²) in [7, 11) is 0. The summed E-state index contributed by atoms with van der Waals surface area (Å²) in [5.41, 5.74) is 0.656. The molecule has 0 atom stereocenters. The van der Waals surface area contributed by atoms with E-state index in [1.165, 1.54) is 6.07 Å². The molecule has 3 rings (SSSR count). The van der Waals surface area contributed by atoms with E-state index in [1.54, 1.807) is 12.1 Å². The average molecular weight is 399 g/mol. The fraction of sp³-hybridized carbons (Fsp3) is 0.333. The number of likely N-dealkylation sites (tertiary alicyclic amines) is 1. The molecule has 0 saturated carbocycles. The largest absolute Gasteiger partial charge is 0.385 e. The second-order valence-corrected chi connectivity index (χ2v) is 7.34. The predicted molar refractivity (Wildman–Crippen MR) is 94.0 cm³/mol. The standard InChI is InChI=1S/C18H18BrClFNO/c19-14-6-4-13(5-7-14)18(23)8-10-22(11-9-18)12-15-16(20)2-1-3-17(15)21/h1-7,23H,8-12H2. The normalized spacial score (nSPS) is 18.1. The van der Waals surface area contributed by atoms with E-state index in [9.17, 15) is 9.50 Å². The number of piperidine rings is 1. The molecule has 0 spiro atoms. The Morgan fingerprint density at radius 2 is 1.78 bits per heavy atom. The van der Waals surface area contributed by atoms with Crippen LogP contribution in [0.5, 0.6) is 0 Å². The van der Waals surface area contributed by atoms with E-state index in [2.05, 4.69) is 20.8 Å². The third-order valence-electron chi connectivity index (χ3n) is 4.51. The van der Waals surface area contributed by atoms with Crippen LogP contribution < -0.4 is 0 Å². The van der Waals surface area contributed by atoms with Crippen LogP contribution in [0.15, 0.2) is 46.9 Å². The van der Waals surface area contributed by atoms with Crippen LogP contribution in [0.25, 0.3) is 0 Å². The highest BCUT2D eigenvalue weighted by Gasteiger charge is 2.34. The Labute approximate surface area is 149 Å². The summed E-state index contributed by atoms with van der Waals surface area (Å²) in [6, 6.07) is 12.5. The minimum atomic E-state index is -0.809. The first kappa shape index (κ1) is 16.9. The molecule has 1 saturated heterocycles. The Bertz CT molecular complexity index is 664. The van der Waals surface area contributed by atoms with Gasteiger partial charge in [-0.3, -0.25) is 4.90 Å². The molecule has 0 aliphatic carbocycles. The maximum atomic E-state index is 13.9. The molecule has 5 heteroatoms. The molecule has 1 aliphatic rings. The molecule has 1 aliphatic heterocycles.